The number of amides is 1. The van der Waals surface area contributed by atoms with Crippen molar-refractivity contribution in [1.82, 2.24) is 10.6 Å². The van der Waals surface area contributed by atoms with Gasteiger partial charge >= 0.3 is 0 Å². The lowest BCUT2D eigenvalue weighted by atomic mass is 9.74. The van der Waals surface area contributed by atoms with E-state index in [-0.39, 0.29) is 5.91 Å². The first-order valence-electron chi connectivity index (χ1n) is 8.25. The molecule has 0 saturated heterocycles. The van der Waals surface area contributed by atoms with E-state index in [1.807, 2.05) is 55.6 Å². The molecule has 23 heavy (non-hydrogen) atoms. The van der Waals surface area contributed by atoms with Crippen molar-refractivity contribution in [2.45, 2.75) is 31.7 Å². The van der Waals surface area contributed by atoms with Gasteiger partial charge < -0.3 is 10.6 Å². The predicted octanol–water partition coefficient (Wildman–Crippen LogP) is 3.26. The fourth-order valence-corrected chi connectivity index (χ4v) is 2.97. The molecule has 1 amide bonds. The van der Waals surface area contributed by atoms with Crippen LogP contribution in [-0.2, 0) is 16.8 Å². The van der Waals surface area contributed by atoms with Crippen LogP contribution in [0, 0.1) is 0 Å². The molecule has 2 N–H and O–H groups in total. The van der Waals surface area contributed by atoms with Crippen LogP contribution in [-0.4, -0.2) is 19.5 Å². The minimum atomic E-state index is -0.487. The van der Waals surface area contributed by atoms with Gasteiger partial charge in [-0.2, -0.15) is 0 Å². The monoisotopic (exact) mass is 310 g/mol. The lowest BCUT2D eigenvalue weighted by molar-refractivity contribution is -0.127. The molecule has 0 bridgehead atoms. The zero-order valence-electron chi connectivity index (χ0n) is 14.0. The lowest BCUT2D eigenvalue weighted by Gasteiger charge is -2.32. The summed E-state index contributed by atoms with van der Waals surface area (Å²) in [7, 11) is 1.92. The van der Waals surface area contributed by atoms with Crippen LogP contribution in [0.15, 0.2) is 60.7 Å². The third kappa shape index (κ3) is 4.20. The maximum absolute atomic E-state index is 13.0. The molecule has 0 heterocycles. The molecule has 0 radical (unpaired) electrons. The van der Waals surface area contributed by atoms with Crippen LogP contribution in [0.25, 0.3) is 0 Å². The smallest absolute Gasteiger partial charge is 0.230 e. The third-order valence-electron chi connectivity index (χ3n) is 4.46. The van der Waals surface area contributed by atoms with Crippen LogP contribution in [0.3, 0.4) is 0 Å². The molecule has 0 aliphatic heterocycles. The van der Waals surface area contributed by atoms with Gasteiger partial charge in [-0.15, -0.1) is 0 Å². The zero-order chi connectivity index (χ0) is 16.5. The largest absolute Gasteiger partial charge is 0.351 e. The van der Waals surface area contributed by atoms with E-state index >= 15 is 0 Å². The van der Waals surface area contributed by atoms with Gasteiger partial charge in [0.15, 0.2) is 0 Å². The van der Waals surface area contributed by atoms with Crippen molar-refractivity contribution in [3.8, 4) is 0 Å². The molecule has 2 rings (SSSR count). The van der Waals surface area contributed by atoms with E-state index in [2.05, 4.69) is 29.7 Å². The third-order valence-corrected chi connectivity index (χ3v) is 4.46. The second-order valence-corrected chi connectivity index (χ2v) is 5.82. The first-order valence-corrected chi connectivity index (χ1v) is 8.25. The maximum atomic E-state index is 13.0. The molecule has 0 aliphatic carbocycles. The van der Waals surface area contributed by atoms with E-state index in [0.717, 1.165) is 30.5 Å². The van der Waals surface area contributed by atoms with Crippen molar-refractivity contribution >= 4 is 5.91 Å². The summed E-state index contributed by atoms with van der Waals surface area (Å²) >= 11 is 0. The molecule has 0 saturated carbocycles. The molecule has 1 unspecified atom stereocenters. The standard InChI is InChI=1S/C20H26N2O/c1-3-20(14-15-21-2,18-12-8-5-9-13-18)19(23)22-16-17-10-6-4-7-11-17/h4-13,21H,3,14-16H2,1-2H3,(H,22,23). The summed E-state index contributed by atoms with van der Waals surface area (Å²) in [4.78, 5) is 13.0. The molecule has 0 aromatic heterocycles. The van der Waals surface area contributed by atoms with Gasteiger partial charge in [-0.1, -0.05) is 67.6 Å². The summed E-state index contributed by atoms with van der Waals surface area (Å²) in [5.41, 5.74) is 1.72. The number of carbonyl (C=O) groups is 1. The summed E-state index contributed by atoms with van der Waals surface area (Å²) in [6, 6.07) is 20.1. The van der Waals surface area contributed by atoms with Crippen molar-refractivity contribution < 1.29 is 4.79 Å². The van der Waals surface area contributed by atoms with Gasteiger partial charge in [0, 0.05) is 6.54 Å². The van der Waals surface area contributed by atoms with E-state index in [9.17, 15) is 4.79 Å². The van der Waals surface area contributed by atoms with Crippen molar-refractivity contribution in [2.75, 3.05) is 13.6 Å². The Kier molecular flexibility index (Phi) is 6.36. The Morgan fingerprint density at radius 1 is 1.00 bits per heavy atom. The quantitative estimate of drug-likeness (QED) is 0.786. The minimum Gasteiger partial charge on any atom is -0.351 e. The maximum Gasteiger partial charge on any atom is 0.230 e. The van der Waals surface area contributed by atoms with Gasteiger partial charge in [-0.25, -0.2) is 0 Å². The highest BCUT2D eigenvalue weighted by Crippen LogP contribution is 2.32. The van der Waals surface area contributed by atoms with Crippen LogP contribution in [0.5, 0.6) is 0 Å². The summed E-state index contributed by atoms with van der Waals surface area (Å²) in [6.07, 6.45) is 1.56. The Morgan fingerprint density at radius 2 is 1.61 bits per heavy atom. The molecule has 1 atom stereocenters. The Hall–Kier alpha value is -2.13. The topological polar surface area (TPSA) is 41.1 Å². The van der Waals surface area contributed by atoms with Crippen molar-refractivity contribution in [1.29, 1.82) is 0 Å². The summed E-state index contributed by atoms with van der Waals surface area (Å²) in [5, 5.41) is 6.31. The van der Waals surface area contributed by atoms with E-state index < -0.39 is 5.41 Å². The predicted molar refractivity (Wildman–Crippen MR) is 95.2 cm³/mol. The highest BCUT2D eigenvalue weighted by Gasteiger charge is 2.37. The molecular formula is C20H26N2O. The van der Waals surface area contributed by atoms with E-state index in [0.29, 0.717) is 6.54 Å². The Labute approximate surface area is 139 Å². The number of hydrogen-bond donors (Lipinski definition) is 2. The average Bonchev–Trinajstić information content (AvgIpc) is 2.62. The van der Waals surface area contributed by atoms with Crippen LogP contribution in [0.4, 0.5) is 0 Å². The van der Waals surface area contributed by atoms with Crippen LogP contribution < -0.4 is 10.6 Å². The average molecular weight is 310 g/mol. The molecular weight excluding hydrogens is 284 g/mol. The molecule has 3 heteroatoms. The Morgan fingerprint density at radius 3 is 2.17 bits per heavy atom. The Bertz CT molecular complexity index is 598. The van der Waals surface area contributed by atoms with Crippen LogP contribution >= 0.6 is 0 Å². The van der Waals surface area contributed by atoms with Gasteiger partial charge in [-0.05, 0) is 37.6 Å². The molecule has 0 fully saturated rings. The van der Waals surface area contributed by atoms with Gasteiger partial charge in [-0.3, -0.25) is 4.79 Å². The van der Waals surface area contributed by atoms with Gasteiger partial charge in [0.1, 0.15) is 0 Å². The van der Waals surface area contributed by atoms with Gasteiger partial charge in [0.05, 0.1) is 5.41 Å². The summed E-state index contributed by atoms with van der Waals surface area (Å²) in [6.45, 7) is 3.46. The van der Waals surface area contributed by atoms with E-state index in [1.54, 1.807) is 0 Å². The summed E-state index contributed by atoms with van der Waals surface area (Å²) < 4.78 is 0. The fourth-order valence-electron chi connectivity index (χ4n) is 2.97. The zero-order valence-corrected chi connectivity index (χ0v) is 14.0. The first-order chi connectivity index (χ1) is 11.2. The normalized spacial score (nSPS) is 13.3. The van der Waals surface area contributed by atoms with E-state index in [1.165, 1.54) is 0 Å². The van der Waals surface area contributed by atoms with Gasteiger partial charge in [0.25, 0.3) is 0 Å². The highest BCUT2D eigenvalue weighted by molar-refractivity contribution is 5.88. The molecule has 2 aromatic rings. The number of hydrogen-bond acceptors (Lipinski definition) is 2. The van der Waals surface area contributed by atoms with Crippen LogP contribution in [0.1, 0.15) is 30.9 Å². The van der Waals surface area contributed by atoms with Gasteiger partial charge in [0.2, 0.25) is 5.91 Å². The number of rotatable bonds is 8. The molecule has 122 valence electrons. The number of carbonyl (C=O) groups excluding carboxylic acids is 1. The second kappa shape index (κ2) is 8.49. The SMILES string of the molecule is CCC(CCNC)(C(=O)NCc1ccccc1)c1ccccc1. The molecule has 3 nitrogen and oxygen atoms in total. The molecule has 0 spiro atoms. The number of nitrogens with one attached hydrogen (secondary N) is 2. The summed E-state index contributed by atoms with van der Waals surface area (Å²) in [5.74, 6) is 0.102. The first kappa shape index (κ1) is 17.2. The fraction of sp³-hybridized carbons (Fsp3) is 0.350. The Balaban J connectivity index is 2.20. The highest BCUT2D eigenvalue weighted by atomic mass is 16.2. The molecule has 0 aliphatic rings. The number of benzene rings is 2. The van der Waals surface area contributed by atoms with E-state index in [4.69, 9.17) is 0 Å². The van der Waals surface area contributed by atoms with Crippen molar-refractivity contribution in [3.63, 3.8) is 0 Å². The molecule has 2 aromatic carbocycles. The van der Waals surface area contributed by atoms with Crippen molar-refractivity contribution in [3.05, 3.63) is 71.8 Å². The second-order valence-electron chi connectivity index (χ2n) is 5.82. The van der Waals surface area contributed by atoms with Crippen molar-refractivity contribution in [2.24, 2.45) is 0 Å². The van der Waals surface area contributed by atoms with Crippen LogP contribution in [0.2, 0.25) is 0 Å². The minimum absolute atomic E-state index is 0.102. The lowest BCUT2D eigenvalue weighted by Crippen LogP contribution is -2.45.